The van der Waals surface area contributed by atoms with E-state index in [0.29, 0.717) is 5.69 Å². The van der Waals surface area contributed by atoms with Crippen molar-refractivity contribution in [3.8, 4) is 0 Å². The number of nitrogens with zero attached hydrogens (tertiary/aromatic N) is 2. The molecule has 0 aromatic heterocycles. The van der Waals surface area contributed by atoms with Crippen LogP contribution in [0.25, 0.3) is 0 Å². The van der Waals surface area contributed by atoms with Gasteiger partial charge in [-0.2, -0.15) is 0 Å². The number of aryl methyl sites for hydroxylation is 4. The Morgan fingerprint density at radius 2 is 1.31 bits per heavy atom. The fraction of sp³-hybridized carbons (Fsp3) is 0.229. The molecule has 39 heavy (non-hydrogen) atoms. The van der Waals surface area contributed by atoms with Gasteiger partial charge in [0.2, 0.25) is 11.8 Å². The number of imide groups is 1. The lowest BCUT2D eigenvalue weighted by Gasteiger charge is -2.52. The summed E-state index contributed by atoms with van der Waals surface area (Å²) < 4.78 is 0. The Bertz CT molecular complexity index is 1690. The zero-order chi connectivity index (χ0) is 27.1. The molecule has 2 atom stereocenters. The molecule has 2 amide bonds. The van der Waals surface area contributed by atoms with Gasteiger partial charge < -0.3 is 0 Å². The van der Waals surface area contributed by atoms with Gasteiger partial charge in [-0.1, -0.05) is 83.9 Å². The Morgan fingerprint density at radius 1 is 0.718 bits per heavy atom. The molecular weight excluding hydrogens is 480 g/mol. The molecule has 4 heteroatoms. The highest BCUT2D eigenvalue weighted by Crippen LogP contribution is 2.63. The summed E-state index contributed by atoms with van der Waals surface area (Å²) in [5, 5.41) is 0. The van der Waals surface area contributed by atoms with Gasteiger partial charge in [0.05, 0.1) is 28.6 Å². The van der Waals surface area contributed by atoms with E-state index in [9.17, 15) is 9.59 Å². The zero-order valence-corrected chi connectivity index (χ0v) is 22.6. The maximum absolute atomic E-state index is 14.6. The minimum atomic E-state index is -0.857. The SMILES string of the molecule is Cc1ccc(N=CC23c4ccccc4C(c4ccccc42)[C@H]2C(=O)N(c4ccc(C)cc4C)C(=O)[C@@H]23)c(C)c1. The monoisotopic (exact) mass is 510 g/mol. The van der Waals surface area contributed by atoms with Crippen molar-refractivity contribution in [3.05, 3.63) is 129 Å². The van der Waals surface area contributed by atoms with Crippen molar-refractivity contribution >= 4 is 29.4 Å². The molecule has 0 unspecified atom stereocenters. The summed E-state index contributed by atoms with van der Waals surface area (Å²) in [7, 11) is 0. The van der Waals surface area contributed by atoms with Gasteiger partial charge in [-0.25, -0.2) is 4.90 Å². The molecule has 4 aromatic rings. The number of carbonyl (C=O) groups is 2. The first-order chi connectivity index (χ1) is 18.8. The van der Waals surface area contributed by atoms with Gasteiger partial charge in [0, 0.05) is 12.1 Å². The summed E-state index contributed by atoms with van der Waals surface area (Å²) in [6.07, 6.45) is 1.98. The molecule has 4 aromatic carbocycles. The van der Waals surface area contributed by atoms with Crippen molar-refractivity contribution < 1.29 is 9.59 Å². The fourth-order valence-electron chi connectivity index (χ4n) is 7.47. The van der Waals surface area contributed by atoms with Crippen LogP contribution < -0.4 is 4.90 Å². The van der Waals surface area contributed by atoms with E-state index in [1.54, 1.807) is 0 Å². The van der Waals surface area contributed by atoms with Crippen molar-refractivity contribution in [3.63, 3.8) is 0 Å². The van der Waals surface area contributed by atoms with E-state index >= 15 is 0 Å². The van der Waals surface area contributed by atoms with Gasteiger partial charge in [0.1, 0.15) is 0 Å². The Balaban J connectivity index is 1.51. The molecule has 192 valence electrons. The highest BCUT2D eigenvalue weighted by Gasteiger charge is 2.68. The number of hydrogen-bond acceptors (Lipinski definition) is 3. The summed E-state index contributed by atoms with van der Waals surface area (Å²) in [5.41, 5.74) is 9.37. The molecular formula is C35H30N2O2. The molecule has 0 spiro atoms. The van der Waals surface area contributed by atoms with Crippen LogP contribution in [0.3, 0.4) is 0 Å². The highest BCUT2D eigenvalue weighted by atomic mass is 16.2. The second-order valence-electron chi connectivity index (χ2n) is 11.4. The maximum Gasteiger partial charge on any atom is 0.239 e. The Hall–Kier alpha value is -4.31. The van der Waals surface area contributed by atoms with E-state index in [-0.39, 0.29) is 17.7 Å². The average Bonchev–Trinajstić information content (AvgIpc) is 3.19. The van der Waals surface area contributed by atoms with Crippen LogP contribution in [0.2, 0.25) is 0 Å². The van der Waals surface area contributed by atoms with Gasteiger partial charge >= 0.3 is 0 Å². The Labute approximate surface area is 229 Å². The predicted octanol–water partition coefficient (Wildman–Crippen LogP) is 6.87. The molecule has 3 aliphatic carbocycles. The average molecular weight is 511 g/mol. The van der Waals surface area contributed by atoms with Gasteiger partial charge in [0.15, 0.2) is 0 Å². The molecule has 0 saturated carbocycles. The molecule has 4 nitrogen and oxygen atoms in total. The van der Waals surface area contributed by atoms with E-state index < -0.39 is 17.3 Å². The summed E-state index contributed by atoms with van der Waals surface area (Å²) in [6.45, 7) is 8.13. The first-order valence-electron chi connectivity index (χ1n) is 13.6. The summed E-state index contributed by atoms with van der Waals surface area (Å²) in [4.78, 5) is 35.5. The number of rotatable bonds is 3. The molecule has 0 radical (unpaired) electrons. The van der Waals surface area contributed by atoms with E-state index in [2.05, 4.69) is 50.2 Å². The standard InChI is InChI=1S/C35H30N2O2/c1-20-13-15-28(22(3)17-20)36-19-35-26-11-7-5-9-24(26)30(25-10-6-8-12-27(25)35)31-32(35)34(39)37(33(31)38)29-16-14-21(2)18-23(29)4/h5-19,30-32H,1-4H3/t30?,31-,32-,35?/m1/s1. The van der Waals surface area contributed by atoms with Crippen molar-refractivity contribution in [1.82, 2.24) is 0 Å². The number of amides is 2. The zero-order valence-electron chi connectivity index (χ0n) is 22.6. The van der Waals surface area contributed by atoms with Gasteiger partial charge in [-0.05, 0) is 73.2 Å². The van der Waals surface area contributed by atoms with Crippen molar-refractivity contribution in [1.29, 1.82) is 0 Å². The third-order valence-corrected chi connectivity index (χ3v) is 9.04. The number of anilines is 1. The quantitative estimate of drug-likeness (QED) is 0.223. The summed E-state index contributed by atoms with van der Waals surface area (Å²) >= 11 is 0. The topological polar surface area (TPSA) is 49.7 Å². The van der Waals surface area contributed by atoms with E-state index in [0.717, 1.165) is 44.6 Å². The lowest BCUT2D eigenvalue weighted by Crippen LogP contribution is -2.54. The van der Waals surface area contributed by atoms with Crippen LogP contribution in [0.1, 0.15) is 50.4 Å². The second-order valence-corrected chi connectivity index (χ2v) is 11.4. The number of hydrogen-bond donors (Lipinski definition) is 0. The van der Waals surface area contributed by atoms with Crippen molar-refractivity contribution in [2.45, 2.75) is 39.0 Å². The van der Waals surface area contributed by atoms with Crippen LogP contribution in [-0.4, -0.2) is 18.0 Å². The van der Waals surface area contributed by atoms with Gasteiger partial charge in [-0.15, -0.1) is 0 Å². The van der Waals surface area contributed by atoms with Crippen molar-refractivity contribution in [2.75, 3.05) is 4.90 Å². The summed E-state index contributed by atoms with van der Waals surface area (Å²) in [5.74, 6) is -1.50. The molecule has 2 bridgehead atoms. The highest BCUT2D eigenvalue weighted by molar-refractivity contribution is 6.25. The van der Waals surface area contributed by atoms with Crippen LogP contribution in [0.4, 0.5) is 11.4 Å². The first kappa shape index (κ1) is 23.8. The Kier molecular flexibility index (Phi) is 5.09. The molecule has 1 heterocycles. The molecule has 0 N–H and O–H groups in total. The van der Waals surface area contributed by atoms with Crippen LogP contribution in [0, 0.1) is 39.5 Å². The van der Waals surface area contributed by atoms with Crippen LogP contribution in [-0.2, 0) is 15.0 Å². The summed E-state index contributed by atoms with van der Waals surface area (Å²) in [6, 6.07) is 28.8. The smallest absolute Gasteiger partial charge is 0.239 e. The van der Waals surface area contributed by atoms with E-state index in [4.69, 9.17) is 4.99 Å². The molecule has 1 saturated heterocycles. The van der Waals surface area contributed by atoms with Crippen LogP contribution >= 0.6 is 0 Å². The van der Waals surface area contributed by atoms with Gasteiger partial charge in [-0.3, -0.25) is 14.6 Å². The van der Waals surface area contributed by atoms with Gasteiger partial charge in [0.25, 0.3) is 0 Å². The fourth-order valence-corrected chi connectivity index (χ4v) is 7.47. The van der Waals surface area contributed by atoms with E-state index in [1.807, 2.05) is 68.6 Å². The first-order valence-corrected chi connectivity index (χ1v) is 13.6. The Morgan fingerprint density at radius 3 is 1.92 bits per heavy atom. The normalized spacial score (nSPS) is 24.7. The largest absolute Gasteiger partial charge is 0.274 e. The number of aliphatic imine (C=N–C) groups is 1. The minimum absolute atomic E-state index is 0.116. The second kappa shape index (κ2) is 8.34. The van der Waals surface area contributed by atoms with Crippen LogP contribution in [0.5, 0.6) is 0 Å². The number of carbonyl (C=O) groups excluding carboxylic acids is 2. The lowest BCUT2D eigenvalue weighted by atomic mass is 9.47. The third kappa shape index (κ3) is 3.15. The molecule has 1 fully saturated rings. The van der Waals surface area contributed by atoms with Crippen LogP contribution in [0.15, 0.2) is 89.9 Å². The molecule has 8 rings (SSSR count). The number of benzene rings is 4. The van der Waals surface area contributed by atoms with E-state index in [1.165, 1.54) is 10.5 Å². The lowest BCUT2D eigenvalue weighted by molar-refractivity contribution is -0.122. The predicted molar refractivity (Wildman–Crippen MR) is 155 cm³/mol. The third-order valence-electron chi connectivity index (χ3n) is 9.04. The minimum Gasteiger partial charge on any atom is -0.274 e. The molecule has 1 aliphatic heterocycles. The maximum atomic E-state index is 14.6. The van der Waals surface area contributed by atoms with Crippen molar-refractivity contribution in [2.24, 2.45) is 16.8 Å². The molecule has 4 aliphatic rings.